The van der Waals surface area contributed by atoms with Gasteiger partial charge in [-0.3, -0.25) is 4.79 Å². The predicted molar refractivity (Wildman–Crippen MR) is 92.7 cm³/mol. The summed E-state index contributed by atoms with van der Waals surface area (Å²) in [5.74, 6) is -2.34. The number of aryl methyl sites for hydroxylation is 2. The van der Waals surface area contributed by atoms with Gasteiger partial charge in [-0.15, -0.1) is 0 Å². The molecule has 0 saturated heterocycles. The molecule has 1 unspecified atom stereocenters. The number of esters is 1. The lowest BCUT2D eigenvalue weighted by atomic mass is 9.95. The molecule has 0 spiro atoms. The van der Waals surface area contributed by atoms with Gasteiger partial charge in [0.15, 0.2) is 12.4 Å². The monoisotopic (exact) mass is 337 g/mol. The normalized spacial score (nSPS) is 14.4. The number of hydrogen-bond donors (Lipinski definition) is 2. The second-order valence-electron chi connectivity index (χ2n) is 6.34. The molecule has 1 aliphatic rings. The maximum atomic E-state index is 12.2. The van der Waals surface area contributed by atoms with Crippen molar-refractivity contribution in [1.29, 1.82) is 10.7 Å². The first-order chi connectivity index (χ1) is 12.0. The summed E-state index contributed by atoms with van der Waals surface area (Å²) in [6, 6.07) is 7.07. The van der Waals surface area contributed by atoms with Gasteiger partial charge in [0.25, 0.3) is 0 Å². The van der Waals surface area contributed by atoms with Crippen molar-refractivity contribution in [3.05, 3.63) is 35.0 Å². The first kappa shape index (κ1) is 16.9. The summed E-state index contributed by atoms with van der Waals surface area (Å²) in [6.07, 6.45) is 4.33. The molecular formula is C19H19N3O3. The molecule has 2 aromatic rings. The number of ether oxygens (including phenoxy) is 1. The molecule has 0 amide bonds. The van der Waals surface area contributed by atoms with Gasteiger partial charge in [-0.25, -0.2) is 4.79 Å². The lowest BCUT2D eigenvalue weighted by Gasteiger charge is -2.10. The van der Waals surface area contributed by atoms with E-state index >= 15 is 0 Å². The van der Waals surface area contributed by atoms with Crippen molar-refractivity contribution in [2.75, 3.05) is 6.61 Å². The minimum atomic E-state index is -1.16. The van der Waals surface area contributed by atoms with Crippen LogP contribution in [0.5, 0.6) is 0 Å². The number of carbonyl (C=O) groups is 2. The Kier molecular flexibility index (Phi) is 4.66. The molecule has 0 saturated carbocycles. The van der Waals surface area contributed by atoms with Crippen molar-refractivity contribution in [3.8, 4) is 6.07 Å². The number of nitriles is 1. The summed E-state index contributed by atoms with van der Waals surface area (Å²) < 4.78 is 5.05. The summed E-state index contributed by atoms with van der Waals surface area (Å²) in [4.78, 5) is 27.5. The minimum absolute atomic E-state index is 0.0519. The third-order valence-corrected chi connectivity index (χ3v) is 4.56. The summed E-state index contributed by atoms with van der Waals surface area (Å²) >= 11 is 0. The van der Waals surface area contributed by atoms with Crippen LogP contribution in [-0.4, -0.2) is 29.1 Å². The molecule has 2 N–H and O–H groups in total. The highest BCUT2D eigenvalue weighted by Gasteiger charge is 2.22. The van der Waals surface area contributed by atoms with E-state index in [1.54, 1.807) is 18.2 Å². The summed E-state index contributed by atoms with van der Waals surface area (Å²) in [7, 11) is 0. The van der Waals surface area contributed by atoms with Crippen molar-refractivity contribution in [1.82, 2.24) is 4.98 Å². The van der Waals surface area contributed by atoms with Crippen molar-refractivity contribution >= 4 is 28.4 Å². The third kappa shape index (κ3) is 3.31. The predicted octanol–water partition coefficient (Wildman–Crippen LogP) is 2.95. The number of carbonyl (C=O) groups excluding carboxylic acids is 2. The maximum Gasteiger partial charge on any atom is 0.338 e. The minimum Gasteiger partial charge on any atom is -0.454 e. The Morgan fingerprint density at radius 1 is 1.36 bits per heavy atom. The highest BCUT2D eigenvalue weighted by molar-refractivity contribution is 6.06. The van der Waals surface area contributed by atoms with E-state index in [9.17, 15) is 9.59 Å². The van der Waals surface area contributed by atoms with Crippen LogP contribution in [0.4, 0.5) is 0 Å². The number of ketones is 1. The lowest BCUT2D eigenvalue weighted by molar-refractivity contribution is -0.122. The van der Waals surface area contributed by atoms with Gasteiger partial charge in [-0.2, -0.15) is 5.26 Å². The van der Waals surface area contributed by atoms with E-state index < -0.39 is 24.3 Å². The summed E-state index contributed by atoms with van der Waals surface area (Å²) in [5, 5.41) is 17.3. The van der Waals surface area contributed by atoms with E-state index in [4.69, 9.17) is 15.4 Å². The fourth-order valence-corrected chi connectivity index (χ4v) is 3.25. The smallest absolute Gasteiger partial charge is 0.338 e. The SMILES string of the molecule is CC(=N)C(C#N)C(=O)COC(=O)c1ccc2[nH]c3c(c2c1)CCCC3. The number of benzene rings is 1. The summed E-state index contributed by atoms with van der Waals surface area (Å²) in [5.41, 5.74) is 3.83. The molecule has 25 heavy (non-hydrogen) atoms. The topological polar surface area (TPSA) is 107 Å². The van der Waals surface area contributed by atoms with Crippen LogP contribution in [0.15, 0.2) is 18.2 Å². The molecule has 3 rings (SSSR count). The van der Waals surface area contributed by atoms with E-state index in [2.05, 4.69) is 4.98 Å². The van der Waals surface area contributed by atoms with Gasteiger partial charge in [0.1, 0.15) is 5.92 Å². The third-order valence-electron chi connectivity index (χ3n) is 4.56. The molecule has 1 aromatic heterocycles. The number of rotatable bonds is 5. The van der Waals surface area contributed by atoms with E-state index in [-0.39, 0.29) is 5.71 Å². The molecule has 6 heteroatoms. The number of H-pyrrole nitrogens is 1. The Morgan fingerprint density at radius 2 is 2.12 bits per heavy atom. The number of nitrogens with zero attached hydrogens (tertiary/aromatic N) is 1. The van der Waals surface area contributed by atoms with Crippen LogP contribution >= 0.6 is 0 Å². The standard InChI is InChI=1S/C19H19N3O3/c1-11(21)15(9-20)18(23)10-25-19(24)12-6-7-17-14(8-12)13-4-2-3-5-16(13)22-17/h6-8,15,21-22H,2-5,10H2,1H3. The Bertz CT molecular complexity index is 905. The fraction of sp³-hybridized carbons (Fsp3) is 0.368. The molecule has 1 atom stereocenters. The average molecular weight is 337 g/mol. The van der Waals surface area contributed by atoms with Crippen LogP contribution in [-0.2, 0) is 22.4 Å². The van der Waals surface area contributed by atoms with Gasteiger partial charge < -0.3 is 15.1 Å². The van der Waals surface area contributed by atoms with E-state index in [0.717, 1.165) is 30.2 Å². The van der Waals surface area contributed by atoms with Gasteiger partial charge in [0, 0.05) is 22.3 Å². The van der Waals surface area contributed by atoms with Crippen LogP contribution < -0.4 is 0 Å². The Hall–Kier alpha value is -2.94. The molecule has 6 nitrogen and oxygen atoms in total. The molecular weight excluding hydrogens is 318 g/mol. The van der Waals surface area contributed by atoms with Crippen LogP contribution in [0.25, 0.3) is 10.9 Å². The zero-order chi connectivity index (χ0) is 18.0. The number of hydrogen-bond acceptors (Lipinski definition) is 5. The number of nitrogens with one attached hydrogen (secondary N) is 2. The molecule has 0 radical (unpaired) electrons. The van der Waals surface area contributed by atoms with Crippen molar-refractivity contribution in [3.63, 3.8) is 0 Å². The number of fused-ring (bicyclic) bond motifs is 3. The van der Waals surface area contributed by atoms with Crippen LogP contribution in [0.3, 0.4) is 0 Å². The largest absolute Gasteiger partial charge is 0.454 e. The molecule has 1 aromatic carbocycles. The molecule has 0 aliphatic heterocycles. The van der Waals surface area contributed by atoms with Gasteiger partial charge in [0.05, 0.1) is 11.6 Å². The van der Waals surface area contributed by atoms with Crippen molar-refractivity contribution < 1.29 is 14.3 Å². The van der Waals surface area contributed by atoms with Crippen molar-refractivity contribution in [2.45, 2.75) is 32.6 Å². The Morgan fingerprint density at radius 3 is 2.84 bits per heavy atom. The average Bonchev–Trinajstić information content (AvgIpc) is 2.97. The lowest BCUT2D eigenvalue weighted by Crippen LogP contribution is -2.25. The second kappa shape index (κ2) is 6.89. The first-order valence-electron chi connectivity index (χ1n) is 8.29. The molecule has 128 valence electrons. The molecule has 0 fully saturated rings. The highest BCUT2D eigenvalue weighted by atomic mass is 16.5. The van der Waals surface area contributed by atoms with E-state index in [0.29, 0.717) is 5.56 Å². The quantitative estimate of drug-likeness (QED) is 0.646. The van der Waals surface area contributed by atoms with Gasteiger partial charge >= 0.3 is 5.97 Å². The Labute approximate surface area is 145 Å². The number of aromatic amines is 1. The highest BCUT2D eigenvalue weighted by Crippen LogP contribution is 2.29. The first-order valence-corrected chi connectivity index (χ1v) is 8.29. The zero-order valence-electron chi connectivity index (χ0n) is 14.0. The maximum absolute atomic E-state index is 12.2. The van der Waals surface area contributed by atoms with E-state index in [1.807, 2.05) is 6.07 Å². The second-order valence-corrected chi connectivity index (χ2v) is 6.34. The van der Waals surface area contributed by atoms with Gasteiger partial charge in [-0.1, -0.05) is 0 Å². The molecule has 0 bridgehead atoms. The summed E-state index contributed by atoms with van der Waals surface area (Å²) in [6.45, 7) is 0.882. The van der Waals surface area contributed by atoms with Gasteiger partial charge in [-0.05, 0) is 56.4 Å². The number of aromatic nitrogens is 1. The zero-order valence-corrected chi connectivity index (χ0v) is 14.0. The van der Waals surface area contributed by atoms with Crippen LogP contribution in [0.2, 0.25) is 0 Å². The molecule has 1 heterocycles. The Balaban J connectivity index is 1.75. The van der Waals surface area contributed by atoms with E-state index in [1.165, 1.54) is 24.6 Å². The van der Waals surface area contributed by atoms with Gasteiger partial charge in [0.2, 0.25) is 0 Å². The van der Waals surface area contributed by atoms with Crippen molar-refractivity contribution in [2.24, 2.45) is 5.92 Å². The number of Topliss-reactive ketones (excluding diaryl/α,β-unsaturated/α-hetero) is 1. The molecule has 1 aliphatic carbocycles. The van der Waals surface area contributed by atoms with Crippen LogP contribution in [0, 0.1) is 22.7 Å². The van der Waals surface area contributed by atoms with Crippen LogP contribution in [0.1, 0.15) is 41.4 Å². The fourth-order valence-electron chi connectivity index (χ4n) is 3.25.